The summed E-state index contributed by atoms with van der Waals surface area (Å²) in [6.45, 7) is 2.53. The standard InChI is InChI=1S/C38H74NO10P/c1-3-5-7-8-9-10-11-12-13-14-15-16-17-18-19-20-21-22-23-24-25-26-27-28-30-37(41)49-34(31-46-36(40)29-6-4-2)32-47-50(44,45)48-33-35(39)38(42)43/h34-35H,3-33,39H2,1-2H3,(H,42,43)(H,44,45). The number of nitrogens with two attached hydrogens (primary N) is 1. The van der Waals surface area contributed by atoms with Crippen LogP contribution >= 0.6 is 7.82 Å². The van der Waals surface area contributed by atoms with E-state index in [1.54, 1.807) is 0 Å². The van der Waals surface area contributed by atoms with Crippen LogP contribution < -0.4 is 5.73 Å². The fraction of sp³-hybridized carbons (Fsp3) is 0.921. The van der Waals surface area contributed by atoms with E-state index in [-0.39, 0.29) is 19.4 Å². The number of carbonyl (C=O) groups is 3. The third-order valence-electron chi connectivity index (χ3n) is 8.86. The Morgan fingerprint density at radius 3 is 1.30 bits per heavy atom. The highest BCUT2D eigenvalue weighted by Crippen LogP contribution is 2.43. The van der Waals surface area contributed by atoms with E-state index in [0.29, 0.717) is 12.8 Å². The molecule has 0 amide bonds. The Hall–Kier alpha value is -1.52. The lowest BCUT2D eigenvalue weighted by atomic mass is 10.0. The van der Waals surface area contributed by atoms with Crippen LogP contribution in [-0.4, -0.2) is 59.9 Å². The van der Waals surface area contributed by atoms with E-state index in [1.807, 2.05) is 6.92 Å². The lowest BCUT2D eigenvalue weighted by Crippen LogP contribution is -2.34. The average Bonchev–Trinajstić information content (AvgIpc) is 3.09. The second-order valence-corrected chi connectivity index (χ2v) is 15.2. The minimum atomic E-state index is -4.68. The van der Waals surface area contributed by atoms with Gasteiger partial charge in [-0.1, -0.05) is 168 Å². The van der Waals surface area contributed by atoms with E-state index in [0.717, 1.165) is 25.7 Å². The number of phosphoric ester groups is 1. The Labute approximate surface area is 304 Å². The van der Waals surface area contributed by atoms with E-state index in [2.05, 4.69) is 11.4 Å². The summed E-state index contributed by atoms with van der Waals surface area (Å²) in [5, 5.41) is 8.80. The number of rotatable bonds is 38. The molecule has 0 aromatic rings. The Morgan fingerprint density at radius 2 is 0.900 bits per heavy atom. The summed E-state index contributed by atoms with van der Waals surface area (Å²) < 4.78 is 32.1. The molecule has 0 spiro atoms. The van der Waals surface area contributed by atoms with Crippen molar-refractivity contribution in [1.29, 1.82) is 0 Å². The van der Waals surface area contributed by atoms with Crippen LogP contribution in [0.4, 0.5) is 0 Å². The Morgan fingerprint density at radius 1 is 0.540 bits per heavy atom. The number of carboxylic acids is 1. The van der Waals surface area contributed by atoms with E-state index in [1.165, 1.54) is 128 Å². The SMILES string of the molecule is CCCCCCCCCCCCCCCCCCCCCCCCCCC(=O)OC(COC(=O)CCCC)COP(=O)(O)OCC(N)C(=O)O. The van der Waals surface area contributed by atoms with Crippen molar-refractivity contribution < 1.29 is 47.5 Å². The molecule has 4 N–H and O–H groups in total. The Balaban J connectivity index is 3.89. The molecule has 0 saturated carbocycles. The van der Waals surface area contributed by atoms with Gasteiger partial charge in [-0.25, -0.2) is 4.57 Å². The molecule has 0 aliphatic heterocycles. The number of phosphoric acid groups is 1. The quantitative estimate of drug-likeness (QED) is 0.0313. The van der Waals surface area contributed by atoms with Crippen molar-refractivity contribution in [3.05, 3.63) is 0 Å². The molecule has 12 heteroatoms. The van der Waals surface area contributed by atoms with E-state index < -0.39 is 51.1 Å². The van der Waals surface area contributed by atoms with Gasteiger partial charge in [-0.05, 0) is 12.8 Å². The smallest absolute Gasteiger partial charge is 0.472 e. The van der Waals surface area contributed by atoms with Crippen LogP contribution in [0.5, 0.6) is 0 Å². The maximum Gasteiger partial charge on any atom is 0.472 e. The first-order valence-corrected chi connectivity index (χ1v) is 21.6. The van der Waals surface area contributed by atoms with Gasteiger partial charge in [0.05, 0.1) is 13.2 Å². The van der Waals surface area contributed by atoms with Crippen molar-refractivity contribution in [2.75, 3.05) is 19.8 Å². The highest BCUT2D eigenvalue weighted by atomic mass is 31.2. The van der Waals surface area contributed by atoms with E-state index in [4.69, 9.17) is 24.8 Å². The predicted molar refractivity (Wildman–Crippen MR) is 199 cm³/mol. The minimum absolute atomic E-state index is 0.167. The summed E-state index contributed by atoms with van der Waals surface area (Å²) in [4.78, 5) is 45.0. The van der Waals surface area contributed by atoms with Gasteiger partial charge in [-0.15, -0.1) is 0 Å². The fourth-order valence-electron chi connectivity index (χ4n) is 5.63. The molecule has 0 fully saturated rings. The number of carboxylic acid groups (broad SMARTS) is 1. The molecular formula is C38H74NO10P. The van der Waals surface area contributed by atoms with E-state index >= 15 is 0 Å². The summed E-state index contributed by atoms with van der Waals surface area (Å²) in [6.07, 6.45) is 31.9. The Kier molecular flexibility index (Phi) is 33.5. The molecule has 11 nitrogen and oxygen atoms in total. The van der Waals surface area contributed by atoms with Gasteiger partial charge in [0.25, 0.3) is 0 Å². The van der Waals surface area contributed by atoms with Gasteiger partial charge in [0.2, 0.25) is 0 Å². The zero-order valence-corrected chi connectivity index (χ0v) is 32.7. The average molecular weight is 736 g/mol. The second-order valence-electron chi connectivity index (χ2n) is 13.8. The molecule has 0 bridgehead atoms. The summed E-state index contributed by atoms with van der Waals surface area (Å²) in [5.74, 6) is -2.41. The molecule has 0 aromatic carbocycles. The maximum atomic E-state index is 12.4. The number of unbranched alkanes of at least 4 members (excludes halogenated alkanes) is 24. The molecule has 0 aliphatic rings. The van der Waals surface area contributed by atoms with Gasteiger partial charge in [-0.2, -0.15) is 0 Å². The van der Waals surface area contributed by atoms with Gasteiger partial charge < -0.3 is 25.2 Å². The maximum absolute atomic E-state index is 12.4. The molecule has 0 radical (unpaired) electrons. The predicted octanol–water partition coefficient (Wildman–Crippen LogP) is 9.95. The van der Waals surface area contributed by atoms with Crippen molar-refractivity contribution in [3.8, 4) is 0 Å². The van der Waals surface area contributed by atoms with Crippen LogP contribution in [0.1, 0.15) is 194 Å². The van der Waals surface area contributed by atoms with Crippen molar-refractivity contribution in [1.82, 2.24) is 0 Å². The van der Waals surface area contributed by atoms with Crippen molar-refractivity contribution in [3.63, 3.8) is 0 Å². The summed E-state index contributed by atoms with van der Waals surface area (Å²) in [5.41, 5.74) is 5.28. The number of hydrogen-bond acceptors (Lipinski definition) is 9. The van der Waals surface area contributed by atoms with Crippen LogP contribution in [0.3, 0.4) is 0 Å². The van der Waals surface area contributed by atoms with E-state index in [9.17, 15) is 23.8 Å². The third-order valence-corrected chi connectivity index (χ3v) is 9.81. The first-order valence-electron chi connectivity index (χ1n) is 20.1. The number of ether oxygens (including phenoxy) is 2. The minimum Gasteiger partial charge on any atom is -0.480 e. The summed E-state index contributed by atoms with van der Waals surface area (Å²) in [7, 11) is -4.68. The zero-order chi connectivity index (χ0) is 37.1. The largest absolute Gasteiger partial charge is 0.480 e. The third kappa shape index (κ3) is 33.6. The molecule has 0 aliphatic carbocycles. The van der Waals surface area contributed by atoms with Gasteiger partial charge in [-0.3, -0.25) is 23.4 Å². The normalized spacial score (nSPS) is 13.8. The highest BCUT2D eigenvalue weighted by molar-refractivity contribution is 7.47. The summed E-state index contributed by atoms with van der Waals surface area (Å²) >= 11 is 0. The zero-order valence-electron chi connectivity index (χ0n) is 31.8. The molecule has 0 saturated heterocycles. The number of aliphatic carboxylic acids is 1. The Bertz CT molecular complexity index is 875. The molecular weight excluding hydrogens is 661 g/mol. The van der Waals surface area contributed by atoms with Crippen LogP contribution in [-0.2, 0) is 37.5 Å². The lowest BCUT2D eigenvalue weighted by molar-refractivity contribution is -0.161. The fourth-order valence-corrected chi connectivity index (χ4v) is 6.41. The van der Waals surface area contributed by atoms with Crippen LogP contribution in [0, 0.1) is 0 Å². The number of esters is 2. The van der Waals surface area contributed by atoms with Crippen molar-refractivity contribution in [2.24, 2.45) is 5.73 Å². The van der Waals surface area contributed by atoms with Gasteiger partial charge >= 0.3 is 25.7 Å². The van der Waals surface area contributed by atoms with Gasteiger partial charge in [0, 0.05) is 12.8 Å². The van der Waals surface area contributed by atoms with Crippen LogP contribution in [0.25, 0.3) is 0 Å². The topological polar surface area (TPSA) is 172 Å². The molecule has 50 heavy (non-hydrogen) atoms. The molecule has 3 unspecified atom stereocenters. The van der Waals surface area contributed by atoms with Gasteiger partial charge in [0.1, 0.15) is 12.6 Å². The molecule has 0 heterocycles. The van der Waals surface area contributed by atoms with Crippen LogP contribution in [0.15, 0.2) is 0 Å². The number of hydrogen-bond donors (Lipinski definition) is 3. The van der Waals surface area contributed by atoms with Crippen molar-refractivity contribution in [2.45, 2.75) is 206 Å². The lowest BCUT2D eigenvalue weighted by Gasteiger charge is -2.20. The van der Waals surface area contributed by atoms with Crippen LogP contribution in [0.2, 0.25) is 0 Å². The highest BCUT2D eigenvalue weighted by Gasteiger charge is 2.28. The van der Waals surface area contributed by atoms with Gasteiger partial charge in [0.15, 0.2) is 6.10 Å². The number of carbonyl (C=O) groups excluding carboxylic acids is 2. The molecule has 0 rings (SSSR count). The van der Waals surface area contributed by atoms with Crippen molar-refractivity contribution >= 4 is 25.7 Å². The second kappa shape index (κ2) is 34.6. The first-order chi connectivity index (χ1) is 24.1. The summed E-state index contributed by atoms with van der Waals surface area (Å²) in [6, 6.07) is -1.51. The molecule has 3 atom stereocenters. The first kappa shape index (κ1) is 48.5. The molecule has 296 valence electrons. The molecule has 0 aromatic heterocycles. The monoisotopic (exact) mass is 736 g/mol.